The lowest BCUT2D eigenvalue weighted by molar-refractivity contribution is -0.886. The Balaban J connectivity index is 1.25. The summed E-state index contributed by atoms with van der Waals surface area (Å²) in [6.07, 6.45) is 6.14. The van der Waals surface area contributed by atoms with E-state index in [4.69, 9.17) is 4.74 Å². The Morgan fingerprint density at radius 1 is 0.744 bits per heavy atom. The Morgan fingerprint density at radius 2 is 1.33 bits per heavy atom. The standard InChI is InChI=1S/C33H43N3O3/c1-36(2,3)31(25-27-15-9-7-10-16-27)33(38)34-24-14-6-4-5-13-19-32(37)35-29-20-22-30(23-21-29)39-26-28-17-11-8-12-18-28/h7-12,15-18,20-23,31H,4-6,13-14,19,24-26H2,1-3H3,(H-,34,35,37,38)/p+1. The van der Waals surface area contributed by atoms with E-state index in [1.54, 1.807) is 0 Å². The minimum atomic E-state index is -0.121. The molecule has 208 valence electrons. The molecule has 0 fully saturated rings. The molecule has 0 heterocycles. The van der Waals surface area contributed by atoms with Crippen LogP contribution in [0, 0.1) is 0 Å². The van der Waals surface area contributed by atoms with Crippen molar-refractivity contribution in [2.75, 3.05) is 33.0 Å². The van der Waals surface area contributed by atoms with Crippen LogP contribution >= 0.6 is 0 Å². The molecule has 0 saturated heterocycles. The molecule has 0 aliphatic carbocycles. The highest BCUT2D eigenvalue weighted by atomic mass is 16.5. The predicted octanol–water partition coefficient (Wildman–Crippen LogP) is 5.98. The number of carbonyl (C=O) groups excluding carboxylic acids is 2. The number of nitrogens with one attached hydrogen (secondary N) is 2. The molecule has 0 spiro atoms. The molecule has 0 radical (unpaired) electrons. The van der Waals surface area contributed by atoms with E-state index in [0.717, 1.165) is 55.5 Å². The molecule has 3 aromatic carbocycles. The first kappa shape index (κ1) is 29.9. The number of anilines is 1. The average molecular weight is 531 g/mol. The predicted molar refractivity (Wildman–Crippen MR) is 159 cm³/mol. The summed E-state index contributed by atoms with van der Waals surface area (Å²) >= 11 is 0. The molecule has 6 heteroatoms. The number of quaternary nitrogens is 1. The van der Waals surface area contributed by atoms with E-state index < -0.39 is 0 Å². The van der Waals surface area contributed by atoms with Crippen LogP contribution in [0.15, 0.2) is 84.9 Å². The Hall–Kier alpha value is -3.64. The van der Waals surface area contributed by atoms with Crippen LogP contribution in [-0.4, -0.2) is 50.0 Å². The first-order valence-electron chi connectivity index (χ1n) is 14.0. The molecular weight excluding hydrogens is 486 g/mol. The highest BCUT2D eigenvalue weighted by molar-refractivity contribution is 5.90. The lowest BCUT2D eigenvalue weighted by atomic mass is 10.0. The normalized spacial score (nSPS) is 12.0. The Labute approximate surface area is 234 Å². The van der Waals surface area contributed by atoms with Gasteiger partial charge in [-0.15, -0.1) is 0 Å². The SMILES string of the molecule is C[N+](C)(C)C(Cc1ccccc1)C(=O)NCCCCCCCC(=O)Nc1ccc(OCc2ccccc2)cc1. The van der Waals surface area contributed by atoms with E-state index in [1.807, 2.05) is 72.8 Å². The number of rotatable bonds is 16. The molecule has 6 nitrogen and oxygen atoms in total. The number of ether oxygens (including phenoxy) is 1. The Bertz CT molecular complexity index is 1130. The smallest absolute Gasteiger partial charge is 0.278 e. The van der Waals surface area contributed by atoms with Gasteiger partial charge in [0.2, 0.25) is 5.91 Å². The summed E-state index contributed by atoms with van der Waals surface area (Å²) in [7, 11) is 6.21. The van der Waals surface area contributed by atoms with Crippen molar-refractivity contribution in [2.24, 2.45) is 0 Å². The summed E-state index contributed by atoms with van der Waals surface area (Å²) < 4.78 is 6.39. The van der Waals surface area contributed by atoms with Crippen LogP contribution < -0.4 is 15.4 Å². The van der Waals surface area contributed by atoms with Crippen LogP contribution in [0.2, 0.25) is 0 Å². The van der Waals surface area contributed by atoms with E-state index in [0.29, 0.717) is 24.1 Å². The van der Waals surface area contributed by atoms with E-state index >= 15 is 0 Å². The van der Waals surface area contributed by atoms with Gasteiger partial charge in [0.05, 0.1) is 21.1 Å². The number of nitrogens with zero attached hydrogens (tertiary/aromatic N) is 1. The maximum atomic E-state index is 12.9. The highest BCUT2D eigenvalue weighted by Crippen LogP contribution is 2.18. The van der Waals surface area contributed by atoms with Gasteiger partial charge >= 0.3 is 0 Å². The van der Waals surface area contributed by atoms with Crippen molar-refractivity contribution >= 4 is 17.5 Å². The number of hydrogen-bond donors (Lipinski definition) is 2. The Morgan fingerprint density at radius 3 is 1.97 bits per heavy atom. The van der Waals surface area contributed by atoms with Crippen LogP contribution in [0.3, 0.4) is 0 Å². The van der Waals surface area contributed by atoms with Crippen molar-refractivity contribution in [3.8, 4) is 5.75 Å². The minimum absolute atomic E-state index is 0.0324. The third-order valence-corrected chi connectivity index (χ3v) is 6.78. The third kappa shape index (κ3) is 11.3. The van der Waals surface area contributed by atoms with Gasteiger partial charge in [-0.25, -0.2) is 0 Å². The summed E-state index contributed by atoms with van der Waals surface area (Å²) in [4.78, 5) is 25.2. The number of likely N-dealkylation sites (N-methyl/N-ethyl adjacent to an activating group) is 1. The highest BCUT2D eigenvalue weighted by Gasteiger charge is 2.31. The van der Waals surface area contributed by atoms with E-state index in [2.05, 4.69) is 43.9 Å². The van der Waals surface area contributed by atoms with Gasteiger partial charge in [0, 0.05) is 25.1 Å². The van der Waals surface area contributed by atoms with E-state index in [9.17, 15) is 9.59 Å². The maximum absolute atomic E-state index is 12.9. The molecule has 1 atom stereocenters. The second kappa shape index (κ2) is 15.7. The van der Waals surface area contributed by atoms with Gasteiger partial charge in [-0.2, -0.15) is 0 Å². The zero-order chi connectivity index (χ0) is 27.9. The summed E-state index contributed by atoms with van der Waals surface area (Å²) in [5, 5.41) is 6.10. The summed E-state index contributed by atoms with van der Waals surface area (Å²) in [5.41, 5.74) is 3.08. The summed E-state index contributed by atoms with van der Waals surface area (Å²) in [5.74, 6) is 0.918. The number of hydrogen-bond acceptors (Lipinski definition) is 3. The fraction of sp³-hybridized carbons (Fsp3) is 0.394. The first-order chi connectivity index (χ1) is 18.8. The molecule has 39 heavy (non-hydrogen) atoms. The monoisotopic (exact) mass is 530 g/mol. The number of amides is 2. The van der Waals surface area contributed by atoms with Crippen LogP contribution in [0.4, 0.5) is 5.69 Å². The third-order valence-electron chi connectivity index (χ3n) is 6.78. The van der Waals surface area contributed by atoms with Gasteiger partial charge in [-0.3, -0.25) is 9.59 Å². The fourth-order valence-electron chi connectivity index (χ4n) is 4.42. The minimum Gasteiger partial charge on any atom is -0.489 e. The largest absolute Gasteiger partial charge is 0.489 e. The molecule has 0 aliphatic rings. The molecule has 0 aromatic heterocycles. The molecule has 0 aliphatic heterocycles. The van der Waals surface area contributed by atoms with Crippen molar-refractivity contribution in [3.05, 3.63) is 96.1 Å². The second-order valence-corrected chi connectivity index (χ2v) is 11.0. The number of unbranched alkanes of at least 4 members (excludes halogenated alkanes) is 4. The molecule has 1 unspecified atom stereocenters. The second-order valence-electron chi connectivity index (χ2n) is 11.0. The molecule has 3 aromatic rings. The van der Waals surface area contributed by atoms with Crippen LogP contribution in [-0.2, 0) is 22.6 Å². The average Bonchev–Trinajstić information content (AvgIpc) is 2.93. The van der Waals surface area contributed by atoms with E-state index in [-0.39, 0.29) is 17.9 Å². The van der Waals surface area contributed by atoms with Gasteiger partial charge in [-0.05, 0) is 48.2 Å². The van der Waals surface area contributed by atoms with Crippen molar-refractivity contribution in [1.29, 1.82) is 0 Å². The quantitative estimate of drug-likeness (QED) is 0.177. The lowest BCUT2D eigenvalue weighted by Crippen LogP contribution is -2.55. The van der Waals surface area contributed by atoms with Crippen molar-refractivity contribution < 1.29 is 18.8 Å². The molecule has 3 rings (SSSR count). The zero-order valence-electron chi connectivity index (χ0n) is 23.7. The molecular formula is C33H44N3O3+. The number of benzene rings is 3. The van der Waals surface area contributed by atoms with Crippen LogP contribution in [0.25, 0.3) is 0 Å². The first-order valence-corrected chi connectivity index (χ1v) is 14.0. The molecule has 0 bridgehead atoms. The maximum Gasteiger partial charge on any atom is 0.278 e. The lowest BCUT2D eigenvalue weighted by Gasteiger charge is -2.33. The summed E-state index contributed by atoms with van der Waals surface area (Å²) in [6.45, 7) is 1.21. The molecule has 0 saturated carbocycles. The molecule has 2 N–H and O–H groups in total. The van der Waals surface area contributed by atoms with Crippen LogP contribution in [0.1, 0.15) is 49.7 Å². The van der Waals surface area contributed by atoms with Crippen molar-refractivity contribution in [2.45, 2.75) is 57.6 Å². The van der Waals surface area contributed by atoms with Gasteiger partial charge in [0.1, 0.15) is 12.4 Å². The zero-order valence-corrected chi connectivity index (χ0v) is 23.7. The van der Waals surface area contributed by atoms with Gasteiger partial charge in [0.15, 0.2) is 6.04 Å². The summed E-state index contributed by atoms with van der Waals surface area (Å²) in [6, 6.07) is 27.6. The van der Waals surface area contributed by atoms with Crippen LogP contribution in [0.5, 0.6) is 5.75 Å². The molecule has 2 amide bonds. The van der Waals surface area contributed by atoms with Gasteiger partial charge < -0.3 is 19.9 Å². The fourth-order valence-corrected chi connectivity index (χ4v) is 4.42. The van der Waals surface area contributed by atoms with Crippen molar-refractivity contribution in [1.82, 2.24) is 5.32 Å². The van der Waals surface area contributed by atoms with Gasteiger partial charge in [0.25, 0.3) is 5.91 Å². The topological polar surface area (TPSA) is 67.4 Å². The van der Waals surface area contributed by atoms with Gasteiger partial charge in [-0.1, -0.05) is 79.9 Å². The number of carbonyl (C=O) groups is 2. The van der Waals surface area contributed by atoms with Crippen molar-refractivity contribution in [3.63, 3.8) is 0 Å². The van der Waals surface area contributed by atoms with E-state index in [1.165, 1.54) is 5.56 Å². The Kier molecular flexibility index (Phi) is 12.0.